The van der Waals surface area contributed by atoms with Crippen LogP contribution in [-0.2, 0) is 0 Å². The van der Waals surface area contributed by atoms with Crippen LogP contribution in [0.2, 0.25) is 0 Å². The molecule has 0 radical (unpaired) electrons. The zero-order valence-electron chi connectivity index (χ0n) is 12.5. The van der Waals surface area contributed by atoms with Crippen LogP contribution in [0.25, 0.3) is 6.08 Å². The van der Waals surface area contributed by atoms with Gasteiger partial charge in [-0.1, -0.05) is 36.6 Å². The number of piperazine rings is 1. The quantitative estimate of drug-likeness (QED) is 0.813. The zero-order valence-corrected chi connectivity index (χ0v) is 13.4. The summed E-state index contributed by atoms with van der Waals surface area (Å²) in [5, 5.41) is 3.16. The SMILES string of the molecule is C=Cc1cccc(C#CCN2CCN(c3nccs3)CC2)c1. The van der Waals surface area contributed by atoms with E-state index in [2.05, 4.69) is 39.3 Å². The van der Waals surface area contributed by atoms with Crippen LogP contribution in [0.1, 0.15) is 11.1 Å². The van der Waals surface area contributed by atoms with Gasteiger partial charge in [-0.3, -0.25) is 4.90 Å². The second kappa shape index (κ2) is 7.26. The first-order valence-electron chi connectivity index (χ1n) is 7.43. The maximum absolute atomic E-state index is 4.37. The van der Waals surface area contributed by atoms with Crippen LogP contribution in [0.4, 0.5) is 5.13 Å². The van der Waals surface area contributed by atoms with Crippen LogP contribution in [0, 0.1) is 11.8 Å². The molecule has 0 amide bonds. The molecule has 0 spiro atoms. The van der Waals surface area contributed by atoms with Crippen LogP contribution < -0.4 is 4.90 Å². The maximum atomic E-state index is 4.37. The summed E-state index contributed by atoms with van der Waals surface area (Å²) in [6, 6.07) is 8.17. The number of benzene rings is 1. The van der Waals surface area contributed by atoms with E-state index in [0.29, 0.717) is 0 Å². The molecular weight excluding hydrogens is 290 g/mol. The molecule has 2 heterocycles. The summed E-state index contributed by atoms with van der Waals surface area (Å²) >= 11 is 1.71. The van der Waals surface area contributed by atoms with E-state index in [-0.39, 0.29) is 0 Å². The number of thiazole rings is 1. The Morgan fingerprint density at radius 2 is 2.14 bits per heavy atom. The number of hydrogen-bond donors (Lipinski definition) is 0. The van der Waals surface area contributed by atoms with Crippen LogP contribution in [0.15, 0.2) is 42.4 Å². The van der Waals surface area contributed by atoms with E-state index < -0.39 is 0 Å². The summed E-state index contributed by atoms with van der Waals surface area (Å²) < 4.78 is 0. The van der Waals surface area contributed by atoms with Gasteiger partial charge < -0.3 is 4.90 Å². The van der Waals surface area contributed by atoms with Crippen molar-refractivity contribution in [2.75, 3.05) is 37.6 Å². The van der Waals surface area contributed by atoms with E-state index in [4.69, 9.17) is 0 Å². The highest BCUT2D eigenvalue weighted by Crippen LogP contribution is 2.18. The van der Waals surface area contributed by atoms with E-state index in [1.165, 1.54) is 0 Å². The lowest BCUT2D eigenvalue weighted by molar-refractivity contribution is 0.288. The molecule has 1 saturated heterocycles. The highest BCUT2D eigenvalue weighted by molar-refractivity contribution is 7.13. The average Bonchev–Trinajstić information content (AvgIpc) is 3.10. The molecule has 2 aromatic rings. The van der Waals surface area contributed by atoms with E-state index in [1.54, 1.807) is 11.3 Å². The third-order valence-corrected chi connectivity index (χ3v) is 4.55. The molecule has 0 aliphatic carbocycles. The Hall–Kier alpha value is -2.09. The molecule has 1 aromatic carbocycles. The third kappa shape index (κ3) is 3.76. The first-order chi connectivity index (χ1) is 10.8. The Morgan fingerprint density at radius 3 is 2.86 bits per heavy atom. The molecule has 4 heteroatoms. The highest BCUT2D eigenvalue weighted by atomic mass is 32.1. The van der Waals surface area contributed by atoms with Crippen LogP contribution >= 0.6 is 11.3 Å². The van der Waals surface area contributed by atoms with Crippen molar-refractivity contribution in [3.05, 3.63) is 53.5 Å². The molecular formula is C18H19N3S. The lowest BCUT2D eigenvalue weighted by atomic mass is 10.1. The Morgan fingerprint density at radius 1 is 1.27 bits per heavy atom. The van der Waals surface area contributed by atoms with Crippen molar-refractivity contribution in [2.24, 2.45) is 0 Å². The molecule has 1 aliphatic rings. The molecule has 1 aliphatic heterocycles. The standard InChI is InChI=1S/C18H19N3S/c1-2-16-5-3-6-17(15-16)7-4-9-20-10-12-21(13-11-20)18-19-8-14-22-18/h2-3,5-6,8,14-15H,1,9-13H2. The predicted molar refractivity (Wildman–Crippen MR) is 94.2 cm³/mol. The van der Waals surface area contributed by atoms with Gasteiger partial charge in [0.1, 0.15) is 0 Å². The fourth-order valence-electron chi connectivity index (χ4n) is 2.47. The maximum Gasteiger partial charge on any atom is 0.185 e. The summed E-state index contributed by atoms with van der Waals surface area (Å²) in [6.45, 7) is 8.76. The lowest BCUT2D eigenvalue weighted by Crippen LogP contribution is -2.46. The minimum Gasteiger partial charge on any atom is -0.346 e. The normalized spacial score (nSPS) is 15.2. The molecule has 22 heavy (non-hydrogen) atoms. The van der Waals surface area contributed by atoms with Crippen LogP contribution in [0.3, 0.4) is 0 Å². The van der Waals surface area contributed by atoms with Crippen LogP contribution in [0.5, 0.6) is 0 Å². The summed E-state index contributed by atoms with van der Waals surface area (Å²) in [5.41, 5.74) is 2.17. The molecule has 0 saturated carbocycles. The van der Waals surface area contributed by atoms with Gasteiger partial charge >= 0.3 is 0 Å². The number of hydrogen-bond acceptors (Lipinski definition) is 4. The fraction of sp³-hybridized carbons (Fsp3) is 0.278. The van der Waals surface area contributed by atoms with Crippen molar-refractivity contribution in [1.29, 1.82) is 0 Å². The van der Waals surface area contributed by atoms with Gasteiger partial charge in [-0.2, -0.15) is 0 Å². The smallest absolute Gasteiger partial charge is 0.185 e. The van der Waals surface area contributed by atoms with Crippen molar-refractivity contribution in [3.63, 3.8) is 0 Å². The Kier molecular flexibility index (Phi) is 4.89. The highest BCUT2D eigenvalue weighted by Gasteiger charge is 2.17. The molecule has 3 nitrogen and oxygen atoms in total. The summed E-state index contributed by atoms with van der Waals surface area (Å²) in [5.74, 6) is 6.52. The lowest BCUT2D eigenvalue weighted by Gasteiger charge is -2.33. The molecule has 0 atom stereocenters. The van der Waals surface area contributed by atoms with Gasteiger partial charge in [0.2, 0.25) is 0 Å². The molecule has 1 aromatic heterocycles. The fourth-order valence-corrected chi connectivity index (χ4v) is 3.16. The second-order valence-electron chi connectivity index (χ2n) is 5.21. The van der Waals surface area contributed by atoms with Crippen molar-refractivity contribution >= 4 is 22.5 Å². The van der Waals surface area contributed by atoms with E-state index in [0.717, 1.165) is 49.0 Å². The molecule has 0 bridgehead atoms. The van der Waals surface area contributed by atoms with Crippen molar-refractivity contribution in [3.8, 4) is 11.8 Å². The van der Waals surface area contributed by atoms with Gasteiger partial charge in [-0.25, -0.2) is 4.98 Å². The van der Waals surface area contributed by atoms with Gasteiger partial charge in [0, 0.05) is 43.3 Å². The molecule has 112 valence electrons. The summed E-state index contributed by atoms with van der Waals surface area (Å²) in [4.78, 5) is 9.12. The largest absolute Gasteiger partial charge is 0.346 e. The first kappa shape index (κ1) is 14.8. The Labute approximate surface area is 135 Å². The number of anilines is 1. The van der Waals surface area contributed by atoms with E-state index in [1.807, 2.05) is 35.9 Å². The minimum absolute atomic E-state index is 0.823. The van der Waals surface area contributed by atoms with Gasteiger partial charge in [0.05, 0.1) is 6.54 Å². The predicted octanol–water partition coefficient (Wildman–Crippen LogP) is 2.96. The monoisotopic (exact) mass is 309 g/mol. The average molecular weight is 309 g/mol. The Balaban J connectivity index is 1.51. The zero-order chi connectivity index (χ0) is 15.2. The van der Waals surface area contributed by atoms with Crippen molar-refractivity contribution in [2.45, 2.75) is 0 Å². The number of nitrogens with zero attached hydrogens (tertiary/aromatic N) is 3. The molecule has 3 rings (SSSR count). The summed E-state index contributed by atoms with van der Waals surface area (Å²) in [6.07, 6.45) is 3.72. The topological polar surface area (TPSA) is 19.4 Å². The molecule has 0 unspecified atom stereocenters. The van der Waals surface area contributed by atoms with Crippen LogP contribution in [-0.4, -0.2) is 42.6 Å². The summed E-state index contributed by atoms with van der Waals surface area (Å²) in [7, 11) is 0. The number of rotatable bonds is 3. The van der Waals surface area contributed by atoms with Crippen molar-refractivity contribution < 1.29 is 0 Å². The van der Waals surface area contributed by atoms with Gasteiger partial charge in [-0.15, -0.1) is 11.3 Å². The van der Waals surface area contributed by atoms with Crippen molar-refractivity contribution in [1.82, 2.24) is 9.88 Å². The van der Waals surface area contributed by atoms with Gasteiger partial charge in [-0.05, 0) is 17.7 Å². The number of aromatic nitrogens is 1. The van der Waals surface area contributed by atoms with Gasteiger partial charge in [0.15, 0.2) is 5.13 Å². The van der Waals surface area contributed by atoms with E-state index in [9.17, 15) is 0 Å². The third-order valence-electron chi connectivity index (χ3n) is 3.72. The van der Waals surface area contributed by atoms with Gasteiger partial charge in [0.25, 0.3) is 0 Å². The first-order valence-corrected chi connectivity index (χ1v) is 8.31. The molecule has 1 fully saturated rings. The Bertz CT molecular complexity index is 674. The minimum atomic E-state index is 0.823. The van der Waals surface area contributed by atoms with E-state index >= 15 is 0 Å². The second-order valence-corrected chi connectivity index (χ2v) is 6.08. The molecule has 0 N–H and O–H groups in total.